The van der Waals surface area contributed by atoms with E-state index in [1.807, 2.05) is 39.0 Å². The van der Waals surface area contributed by atoms with Gasteiger partial charge in [-0.1, -0.05) is 32.1 Å². The van der Waals surface area contributed by atoms with E-state index in [0.29, 0.717) is 5.56 Å². The van der Waals surface area contributed by atoms with Gasteiger partial charge in [0, 0.05) is 6.08 Å². The Labute approximate surface area is 114 Å². The first-order chi connectivity index (χ1) is 9.22. The Morgan fingerprint density at radius 1 is 1.21 bits per heavy atom. The summed E-state index contributed by atoms with van der Waals surface area (Å²) in [7, 11) is 1.35. The Hall–Kier alpha value is -1.91. The molecule has 0 spiro atoms. The second-order valence-electron chi connectivity index (χ2n) is 3.32. The molecule has 4 nitrogen and oxygen atoms in total. The topological polar surface area (TPSA) is 63.1 Å². The average Bonchev–Trinajstić information content (AvgIpc) is 2.50. The molecule has 0 aliphatic carbocycles. The van der Waals surface area contributed by atoms with Crippen molar-refractivity contribution in [3.05, 3.63) is 53.7 Å². The maximum absolute atomic E-state index is 11.2. The van der Waals surface area contributed by atoms with Crippen LogP contribution in [0.15, 0.2) is 42.6 Å². The fourth-order valence-corrected chi connectivity index (χ4v) is 1.42. The van der Waals surface area contributed by atoms with Crippen molar-refractivity contribution in [2.24, 2.45) is 0 Å². The molecule has 0 atom stereocenters. The Kier molecular flexibility index (Phi) is 9.04. The number of carbonyl (C=O) groups is 1. The van der Waals surface area contributed by atoms with E-state index < -0.39 is 0 Å². The monoisotopic (exact) mass is 264 g/mol. The number of allylic oxidation sites excluding steroid dienone is 3. The molecule has 0 aliphatic rings. The van der Waals surface area contributed by atoms with Crippen LogP contribution in [0.2, 0.25) is 0 Å². The second kappa shape index (κ2) is 10.1. The highest BCUT2D eigenvalue weighted by Gasteiger charge is 2.05. The van der Waals surface area contributed by atoms with Crippen molar-refractivity contribution in [3.8, 4) is 0 Å². The van der Waals surface area contributed by atoms with Crippen LogP contribution in [0.3, 0.4) is 0 Å². The first kappa shape index (κ1) is 17.1. The summed E-state index contributed by atoms with van der Waals surface area (Å²) in [6.45, 7) is 5.91. The highest BCUT2D eigenvalue weighted by Crippen LogP contribution is 2.16. The number of ether oxygens (including phenoxy) is 1. The highest BCUT2D eigenvalue weighted by molar-refractivity contribution is 5.90. The minimum Gasteiger partial charge on any atom is -0.465 e. The molecule has 19 heavy (non-hydrogen) atoms. The van der Waals surface area contributed by atoms with Crippen LogP contribution < -0.4 is 5.48 Å². The quantitative estimate of drug-likeness (QED) is 0.498. The van der Waals surface area contributed by atoms with Crippen molar-refractivity contribution in [2.75, 3.05) is 7.11 Å². The summed E-state index contributed by atoms with van der Waals surface area (Å²) in [6.07, 6.45) is 5.25. The second-order valence-corrected chi connectivity index (χ2v) is 3.32. The van der Waals surface area contributed by atoms with Gasteiger partial charge in [-0.05, 0) is 30.2 Å². The lowest BCUT2D eigenvalue weighted by Gasteiger charge is -2.03. The van der Waals surface area contributed by atoms with Crippen molar-refractivity contribution in [1.29, 1.82) is 0 Å². The van der Waals surface area contributed by atoms with Gasteiger partial charge in [0.1, 0.15) is 6.20 Å². The standard InChI is InChI=1S/C13H15NO3.C2H6/c1-3-10(8-9-14-16)11-4-6-12(7-5-11)13(15)17-2;1-2/h3-9,14,16H,1-2H3;1-2H3/p+1/b9-8-,10-3+;. The molecule has 0 bridgehead atoms. The lowest BCUT2D eigenvalue weighted by molar-refractivity contribution is -0.838. The Balaban J connectivity index is 0.00000154. The molecule has 0 saturated heterocycles. The number of methoxy groups -OCH3 is 1. The summed E-state index contributed by atoms with van der Waals surface area (Å²) in [5.74, 6) is -0.349. The largest absolute Gasteiger partial charge is 0.465 e. The molecule has 3 N–H and O–H groups in total. The van der Waals surface area contributed by atoms with Crippen LogP contribution in [0.4, 0.5) is 0 Å². The third-order valence-corrected chi connectivity index (χ3v) is 2.31. The number of hydroxylamine groups is 1. The number of rotatable bonds is 4. The van der Waals surface area contributed by atoms with E-state index in [4.69, 9.17) is 5.21 Å². The lowest BCUT2D eigenvalue weighted by Crippen LogP contribution is -2.73. The van der Waals surface area contributed by atoms with Gasteiger partial charge in [0.25, 0.3) is 0 Å². The summed E-state index contributed by atoms with van der Waals surface area (Å²) in [4.78, 5) is 11.2. The van der Waals surface area contributed by atoms with Crippen LogP contribution in [0, 0.1) is 0 Å². The van der Waals surface area contributed by atoms with Gasteiger partial charge < -0.3 is 4.74 Å². The Morgan fingerprint density at radius 2 is 1.74 bits per heavy atom. The van der Waals surface area contributed by atoms with Gasteiger partial charge in [-0.25, -0.2) is 10.0 Å². The number of quaternary nitrogens is 1. The van der Waals surface area contributed by atoms with Crippen LogP contribution in [0.1, 0.15) is 36.7 Å². The molecule has 0 unspecified atom stereocenters. The molecule has 0 aromatic heterocycles. The van der Waals surface area contributed by atoms with Crippen LogP contribution in [0.25, 0.3) is 5.57 Å². The predicted molar refractivity (Wildman–Crippen MR) is 75.6 cm³/mol. The zero-order valence-corrected chi connectivity index (χ0v) is 11.9. The molecule has 0 amide bonds. The number of hydrogen-bond acceptors (Lipinski definition) is 3. The first-order valence-corrected chi connectivity index (χ1v) is 6.22. The van der Waals surface area contributed by atoms with Crippen molar-refractivity contribution in [1.82, 2.24) is 0 Å². The molecule has 1 aromatic rings. The third kappa shape index (κ3) is 5.50. The highest BCUT2D eigenvalue weighted by atomic mass is 16.5. The van der Waals surface area contributed by atoms with Crippen molar-refractivity contribution >= 4 is 11.5 Å². The van der Waals surface area contributed by atoms with E-state index in [0.717, 1.165) is 16.6 Å². The molecule has 0 heterocycles. The Morgan fingerprint density at radius 3 is 2.16 bits per heavy atom. The fourth-order valence-electron chi connectivity index (χ4n) is 1.42. The number of hydrogen-bond donors (Lipinski definition) is 2. The molecule has 104 valence electrons. The van der Waals surface area contributed by atoms with Gasteiger partial charge in [-0.15, -0.1) is 0 Å². The van der Waals surface area contributed by atoms with Crippen molar-refractivity contribution in [3.63, 3.8) is 0 Å². The predicted octanol–water partition coefficient (Wildman–Crippen LogP) is 2.37. The van der Waals surface area contributed by atoms with Gasteiger partial charge in [0.2, 0.25) is 0 Å². The minimum atomic E-state index is -0.349. The van der Waals surface area contributed by atoms with E-state index in [1.54, 1.807) is 24.4 Å². The van der Waals surface area contributed by atoms with Crippen molar-refractivity contribution < 1.29 is 20.2 Å². The van der Waals surface area contributed by atoms with Gasteiger partial charge in [-0.2, -0.15) is 5.48 Å². The smallest absolute Gasteiger partial charge is 0.337 e. The van der Waals surface area contributed by atoms with Gasteiger partial charge >= 0.3 is 5.97 Å². The van der Waals surface area contributed by atoms with Crippen LogP contribution in [0.5, 0.6) is 0 Å². The van der Waals surface area contributed by atoms with E-state index in [2.05, 4.69) is 4.74 Å². The van der Waals surface area contributed by atoms with Crippen LogP contribution in [-0.2, 0) is 4.74 Å². The maximum atomic E-state index is 11.2. The van der Waals surface area contributed by atoms with E-state index in [-0.39, 0.29) is 5.97 Å². The number of nitrogens with two attached hydrogens (primary N) is 1. The molecule has 0 radical (unpaired) electrons. The van der Waals surface area contributed by atoms with Crippen LogP contribution >= 0.6 is 0 Å². The molecule has 0 fully saturated rings. The molecular formula is C15H22NO3+. The molecule has 1 rings (SSSR count). The zero-order valence-electron chi connectivity index (χ0n) is 11.9. The maximum Gasteiger partial charge on any atom is 0.337 e. The zero-order chi connectivity index (χ0) is 14.7. The number of carbonyl (C=O) groups excluding carboxylic acids is 1. The normalized spacial score (nSPS) is 10.9. The summed E-state index contributed by atoms with van der Waals surface area (Å²) < 4.78 is 4.62. The summed E-state index contributed by atoms with van der Waals surface area (Å²) in [5.41, 5.74) is 3.43. The Bertz CT molecular complexity index is 433. The average molecular weight is 264 g/mol. The number of benzene rings is 1. The van der Waals surface area contributed by atoms with Crippen LogP contribution in [-0.4, -0.2) is 18.3 Å². The first-order valence-electron chi connectivity index (χ1n) is 6.22. The molecule has 0 aliphatic heterocycles. The third-order valence-electron chi connectivity index (χ3n) is 2.31. The number of esters is 1. The molecule has 0 saturated carbocycles. The van der Waals surface area contributed by atoms with Crippen molar-refractivity contribution in [2.45, 2.75) is 20.8 Å². The summed E-state index contributed by atoms with van der Waals surface area (Å²) >= 11 is 0. The van der Waals surface area contributed by atoms with Gasteiger partial charge in [0.05, 0.1) is 12.7 Å². The molecule has 1 aromatic carbocycles. The van der Waals surface area contributed by atoms with E-state index in [1.165, 1.54) is 7.11 Å². The minimum absolute atomic E-state index is 0.349. The molecule has 4 heteroatoms. The fraction of sp³-hybridized carbons (Fsp3) is 0.267. The SMILES string of the molecule is C/C=C(\C=C/[NH2+]O)c1ccc(C(=O)OC)cc1.CC. The lowest BCUT2D eigenvalue weighted by atomic mass is 10.0. The molecular weight excluding hydrogens is 242 g/mol. The van der Waals surface area contributed by atoms with E-state index >= 15 is 0 Å². The van der Waals surface area contributed by atoms with E-state index in [9.17, 15) is 4.79 Å². The van der Waals surface area contributed by atoms with Gasteiger partial charge in [-0.3, -0.25) is 0 Å². The van der Waals surface area contributed by atoms with Gasteiger partial charge in [0.15, 0.2) is 0 Å². The summed E-state index contributed by atoms with van der Waals surface area (Å²) in [5, 5.41) is 8.61. The summed E-state index contributed by atoms with van der Waals surface area (Å²) in [6, 6.07) is 7.09.